The van der Waals surface area contributed by atoms with E-state index < -0.39 is 0 Å². The molecule has 6 nitrogen and oxygen atoms in total. The predicted molar refractivity (Wildman–Crippen MR) is 82.9 cm³/mol. The minimum absolute atomic E-state index is 0.0687. The van der Waals surface area contributed by atoms with Crippen molar-refractivity contribution in [3.8, 4) is 0 Å². The molecular formula is C14H15N5OS. The summed E-state index contributed by atoms with van der Waals surface area (Å²) in [5.41, 5.74) is 8.22. The van der Waals surface area contributed by atoms with Gasteiger partial charge in [-0.15, -0.1) is 0 Å². The maximum Gasteiger partial charge on any atom is 0.174 e. The van der Waals surface area contributed by atoms with Crippen LogP contribution in [0.2, 0.25) is 0 Å². The first-order valence-corrected chi connectivity index (χ1v) is 7.19. The Labute approximate surface area is 125 Å². The standard InChI is InChI=1S/C14H15N5OS/c1-8-12(13(15)18-20)14(19(2)17-8)21-11-7-9-5-3-4-6-10(9)16-11/h3-7,16,20H,1-2H3,(H2,15,18). The molecule has 108 valence electrons. The van der Waals surface area contributed by atoms with E-state index in [1.54, 1.807) is 4.68 Å². The average molecular weight is 301 g/mol. The van der Waals surface area contributed by atoms with Crippen LogP contribution >= 0.6 is 11.8 Å². The van der Waals surface area contributed by atoms with Gasteiger partial charge in [0, 0.05) is 18.0 Å². The van der Waals surface area contributed by atoms with Crippen LogP contribution in [0.15, 0.2) is 45.5 Å². The average Bonchev–Trinajstić information content (AvgIpc) is 2.99. The van der Waals surface area contributed by atoms with Gasteiger partial charge >= 0.3 is 0 Å². The van der Waals surface area contributed by atoms with E-state index in [2.05, 4.69) is 27.4 Å². The number of nitrogens with two attached hydrogens (primary N) is 1. The second-order valence-corrected chi connectivity index (χ2v) is 5.73. The number of nitrogens with zero attached hydrogens (tertiary/aromatic N) is 3. The van der Waals surface area contributed by atoms with Crippen molar-refractivity contribution in [1.82, 2.24) is 14.8 Å². The summed E-state index contributed by atoms with van der Waals surface area (Å²) in [4.78, 5) is 3.34. The van der Waals surface area contributed by atoms with Gasteiger partial charge in [0.25, 0.3) is 0 Å². The van der Waals surface area contributed by atoms with Crippen molar-refractivity contribution < 1.29 is 5.21 Å². The van der Waals surface area contributed by atoms with Crippen molar-refractivity contribution in [2.24, 2.45) is 17.9 Å². The summed E-state index contributed by atoms with van der Waals surface area (Å²) in [5, 5.41) is 19.3. The number of H-pyrrole nitrogens is 1. The molecule has 1 aromatic carbocycles. The van der Waals surface area contributed by atoms with E-state index in [9.17, 15) is 0 Å². The lowest BCUT2D eigenvalue weighted by Crippen LogP contribution is -2.14. The Morgan fingerprint density at radius 3 is 2.90 bits per heavy atom. The van der Waals surface area contributed by atoms with Crippen LogP contribution in [0.1, 0.15) is 11.3 Å². The fourth-order valence-electron chi connectivity index (χ4n) is 2.30. The van der Waals surface area contributed by atoms with Crippen molar-refractivity contribution >= 4 is 28.5 Å². The highest BCUT2D eigenvalue weighted by Crippen LogP contribution is 2.32. The fourth-order valence-corrected chi connectivity index (χ4v) is 3.39. The van der Waals surface area contributed by atoms with Crippen LogP contribution in [0.3, 0.4) is 0 Å². The molecule has 0 atom stereocenters. The molecule has 3 aromatic rings. The molecule has 0 radical (unpaired) electrons. The van der Waals surface area contributed by atoms with Crippen LogP contribution < -0.4 is 5.73 Å². The lowest BCUT2D eigenvalue weighted by atomic mass is 10.2. The molecule has 3 rings (SSSR count). The molecule has 7 heteroatoms. The molecule has 0 aliphatic carbocycles. The molecule has 0 saturated carbocycles. The van der Waals surface area contributed by atoms with Gasteiger partial charge in [-0.2, -0.15) is 5.10 Å². The van der Waals surface area contributed by atoms with Crippen LogP contribution in [0, 0.1) is 6.92 Å². The fraction of sp³-hybridized carbons (Fsp3) is 0.143. The molecule has 0 amide bonds. The summed E-state index contributed by atoms with van der Waals surface area (Å²) < 4.78 is 1.74. The van der Waals surface area contributed by atoms with E-state index in [-0.39, 0.29) is 5.84 Å². The maximum absolute atomic E-state index is 8.94. The normalized spacial score (nSPS) is 12.2. The Morgan fingerprint density at radius 2 is 2.19 bits per heavy atom. The van der Waals surface area contributed by atoms with Crippen molar-refractivity contribution in [2.75, 3.05) is 0 Å². The highest BCUT2D eigenvalue weighted by molar-refractivity contribution is 7.99. The number of amidine groups is 1. The highest BCUT2D eigenvalue weighted by atomic mass is 32.2. The van der Waals surface area contributed by atoms with Crippen molar-refractivity contribution in [1.29, 1.82) is 0 Å². The molecule has 2 aromatic heterocycles. The maximum atomic E-state index is 8.94. The topological polar surface area (TPSA) is 92.2 Å². The molecule has 2 heterocycles. The Morgan fingerprint density at radius 1 is 1.43 bits per heavy atom. The summed E-state index contributed by atoms with van der Waals surface area (Å²) >= 11 is 1.50. The van der Waals surface area contributed by atoms with E-state index in [4.69, 9.17) is 10.9 Å². The third kappa shape index (κ3) is 2.36. The SMILES string of the molecule is Cc1nn(C)c(Sc2cc3ccccc3[nH]2)c1/C(N)=N/O. The highest BCUT2D eigenvalue weighted by Gasteiger charge is 2.18. The van der Waals surface area contributed by atoms with E-state index in [1.807, 2.05) is 32.2 Å². The van der Waals surface area contributed by atoms with Gasteiger partial charge in [-0.05, 0) is 19.1 Å². The van der Waals surface area contributed by atoms with Gasteiger partial charge in [-0.3, -0.25) is 4.68 Å². The monoisotopic (exact) mass is 301 g/mol. The molecule has 0 aliphatic heterocycles. The van der Waals surface area contributed by atoms with Crippen molar-refractivity contribution in [3.05, 3.63) is 41.6 Å². The summed E-state index contributed by atoms with van der Waals surface area (Å²) in [5.74, 6) is 0.0687. The van der Waals surface area contributed by atoms with Gasteiger partial charge in [0.15, 0.2) is 5.84 Å². The molecule has 4 N–H and O–H groups in total. The number of hydrogen-bond acceptors (Lipinski definition) is 4. The summed E-state index contributed by atoms with van der Waals surface area (Å²) in [6, 6.07) is 10.1. The quantitative estimate of drug-likeness (QED) is 0.300. The first-order valence-electron chi connectivity index (χ1n) is 6.37. The van der Waals surface area contributed by atoms with Crippen LogP contribution in [0.4, 0.5) is 0 Å². The molecule has 0 fully saturated rings. The van der Waals surface area contributed by atoms with E-state index in [0.717, 1.165) is 26.6 Å². The number of hydrogen-bond donors (Lipinski definition) is 3. The van der Waals surface area contributed by atoms with Crippen LogP contribution in [-0.4, -0.2) is 25.8 Å². The number of rotatable bonds is 3. The molecule has 0 unspecified atom stereocenters. The number of aromatic amines is 1. The third-order valence-corrected chi connectivity index (χ3v) is 4.35. The molecular weight excluding hydrogens is 286 g/mol. The first-order chi connectivity index (χ1) is 10.1. The number of benzene rings is 1. The van der Waals surface area contributed by atoms with Gasteiger partial charge in [-0.25, -0.2) is 0 Å². The Kier molecular flexibility index (Phi) is 3.34. The zero-order valence-corrected chi connectivity index (χ0v) is 12.5. The zero-order valence-electron chi connectivity index (χ0n) is 11.7. The van der Waals surface area contributed by atoms with Crippen molar-refractivity contribution in [3.63, 3.8) is 0 Å². The van der Waals surface area contributed by atoms with Gasteiger partial charge in [0.05, 0.1) is 16.3 Å². The molecule has 0 spiro atoms. The summed E-state index contributed by atoms with van der Waals surface area (Å²) in [7, 11) is 1.84. The zero-order chi connectivity index (χ0) is 15.0. The van der Waals surface area contributed by atoms with Crippen LogP contribution in [-0.2, 0) is 7.05 Å². The lowest BCUT2D eigenvalue weighted by Gasteiger charge is -2.03. The van der Waals surface area contributed by atoms with Crippen molar-refractivity contribution in [2.45, 2.75) is 17.0 Å². The molecule has 0 saturated heterocycles. The van der Waals surface area contributed by atoms with Gasteiger partial charge < -0.3 is 15.9 Å². The number of aryl methyl sites for hydroxylation is 2. The number of aromatic nitrogens is 3. The summed E-state index contributed by atoms with van der Waals surface area (Å²) in [6.07, 6.45) is 0. The number of para-hydroxylation sites is 1. The van der Waals surface area contributed by atoms with E-state index in [1.165, 1.54) is 11.8 Å². The summed E-state index contributed by atoms with van der Waals surface area (Å²) in [6.45, 7) is 1.84. The predicted octanol–water partition coefficient (Wildman–Crippen LogP) is 2.46. The minimum atomic E-state index is 0.0687. The van der Waals surface area contributed by atoms with Gasteiger partial charge in [0.2, 0.25) is 0 Å². The lowest BCUT2D eigenvalue weighted by molar-refractivity contribution is 0.318. The number of nitrogens with one attached hydrogen (secondary N) is 1. The minimum Gasteiger partial charge on any atom is -0.409 e. The van der Waals surface area contributed by atoms with Gasteiger partial charge in [-0.1, -0.05) is 35.1 Å². The van der Waals surface area contributed by atoms with E-state index in [0.29, 0.717) is 5.56 Å². The van der Waals surface area contributed by atoms with Crippen LogP contribution in [0.5, 0.6) is 0 Å². The second-order valence-electron chi connectivity index (χ2n) is 4.70. The Hall–Kier alpha value is -2.41. The number of fused-ring (bicyclic) bond motifs is 1. The Bertz CT molecular complexity index is 800. The third-order valence-electron chi connectivity index (χ3n) is 3.25. The van der Waals surface area contributed by atoms with Gasteiger partial charge in [0.1, 0.15) is 5.03 Å². The van der Waals surface area contributed by atoms with E-state index >= 15 is 0 Å². The molecule has 21 heavy (non-hydrogen) atoms. The number of oxime groups is 1. The smallest absolute Gasteiger partial charge is 0.174 e. The Balaban J connectivity index is 2.05. The van der Waals surface area contributed by atoms with Crippen LogP contribution in [0.25, 0.3) is 10.9 Å². The largest absolute Gasteiger partial charge is 0.409 e. The molecule has 0 bridgehead atoms. The molecule has 0 aliphatic rings. The second kappa shape index (κ2) is 5.17. The first kappa shape index (κ1) is 13.6.